The molecule has 0 aromatic rings. The van der Waals surface area contributed by atoms with Crippen LogP contribution in [-0.2, 0) is 0 Å². The Balaban J connectivity index is 2.04. The molecule has 1 fully saturated rings. The molecule has 1 unspecified atom stereocenters. The van der Waals surface area contributed by atoms with Crippen molar-refractivity contribution in [2.24, 2.45) is 5.92 Å². The molecule has 0 aromatic heterocycles. The fourth-order valence-electron chi connectivity index (χ4n) is 1.52. The Morgan fingerprint density at radius 2 is 2.18 bits per heavy atom. The molecule has 1 saturated carbocycles. The highest BCUT2D eigenvalue weighted by Gasteiger charge is 2.28. The molecule has 0 spiro atoms. The number of nitrogens with one attached hydrogen (secondary N) is 1. The third-order valence-corrected chi connectivity index (χ3v) is 3.02. The first-order valence-corrected chi connectivity index (χ1v) is 5.11. The zero-order chi connectivity index (χ0) is 8.27. The van der Waals surface area contributed by atoms with Gasteiger partial charge in [-0.2, -0.15) is 0 Å². The van der Waals surface area contributed by atoms with E-state index >= 15 is 0 Å². The van der Waals surface area contributed by atoms with Gasteiger partial charge in [-0.3, -0.25) is 0 Å². The number of hydrogen-bond acceptors (Lipinski definition) is 1. The van der Waals surface area contributed by atoms with E-state index in [2.05, 4.69) is 19.2 Å². The first kappa shape index (κ1) is 9.34. The van der Waals surface area contributed by atoms with Gasteiger partial charge in [0, 0.05) is 18.0 Å². The number of rotatable bonds is 4. The number of alkyl halides is 1. The van der Waals surface area contributed by atoms with Crippen molar-refractivity contribution in [2.75, 3.05) is 5.88 Å². The highest BCUT2D eigenvalue weighted by atomic mass is 35.5. The first-order valence-electron chi connectivity index (χ1n) is 4.58. The van der Waals surface area contributed by atoms with E-state index in [0.717, 1.165) is 17.8 Å². The van der Waals surface area contributed by atoms with Gasteiger partial charge in [0.05, 0.1) is 0 Å². The second-order valence-corrected chi connectivity index (χ2v) is 3.97. The largest absolute Gasteiger partial charge is 0.311 e. The maximum atomic E-state index is 5.71. The van der Waals surface area contributed by atoms with Crippen molar-refractivity contribution in [2.45, 2.75) is 45.2 Å². The van der Waals surface area contributed by atoms with Crippen LogP contribution < -0.4 is 5.32 Å². The van der Waals surface area contributed by atoms with E-state index in [0.29, 0.717) is 6.04 Å². The summed E-state index contributed by atoms with van der Waals surface area (Å²) in [6.07, 6.45) is 3.80. The summed E-state index contributed by atoms with van der Waals surface area (Å²) in [6.45, 7) is 4.46. The van der Waals surface area contributed by atoms with Crippen LogP contribution in [0.2, 0.25) is 0 Å². The summed E-state index contributed by atoms with van der Waals surface area (Å²) >= 11 is 5.71. The third-order valence-electron chi connectivity index (χ3n) is 2.59. The molecule has 0 amide bonds. The van der Waals surface area contributed by atoms with Crippen molar-refractivity contribution < 1.29 is 0 Å². The van der Waals surface area contributed by atoms with Gasteiger partial charge in [-0.25, -0.2) is 0 Å². The van der Waals surface area contributed by atoms with E-state index in [-0.39, 0.29) is 0 Å². The Hall–Kier alpha value is 0.250. The van der Waals surface area contributed by atoms with Gasteiger partial charge in [-0.1, -0.05) is 6.92 Å². The molecule has 0 heterocycles. The topological polar surface area (TPSA) is 12.0 Å². The van der Waals surface area contributed by atoms with Crippen LogP contribution in [0.1, 0.15) is 33.1 Å². The van der Waals surface area contributed by atoms with Crippen molar-refractivity contribution in [3.63, 3.8) is 0 Å². The van der Waals surface area contributed by atoms with Crippen molar-refractivity contribution in [1.29, 1.82) is 0 Å². The molecule has 1 atom stereocenters. The summed E-state index contributed by atoms with van der Waals surface area (Å²) in [6, 6.07) is 1.44. The highest BCUT2D eigenvalue weighted by molar-refractivity contribution is 6.18. The Morgan fingerprint density at radius 3 is 2.64 bits per heavy atom. The lowest BCUT2D eigenvalue weighted by Crippen LogP contribution is -2.45. The molecule has 0 saturated heterocycles. The van der Waals surface area contributed by atoms with Crippen LogP contribution in [0.3, 0.4) is 0 Å². The highest BCUT2D eigenvalue weighted by Crippen LogP contribution is 2.28. The zero-order valence-electron chi connectivity index (χ0n) is 7.44. The predicted octanol–water partition coefficient (Wildman–Crippen LogP) is 2.39. The number of halogens is 1. The minimum absolute atomic E-state index is 0.677. The molecular weight excluding hydrogens is 158 g/mol. The Kier molecular flexibility index (Phi) is 3.67. The van der Waals surface area contributed by atoms with Crippen LogP contribution in [-0.4, -0.2) is 18.0 Å². The third kappa shape index (κ3) is 2.64. The fraction of sp³-hybridized carbons (Fsp3) is 1.00. The van der Waals surface area contributed by atoms with Gasteiger partial charge in [0.1, 0.15) is 0 Å². The average Bonchev–Trinajstić information content (AvgIpc) is 1.95. The minimum Gasteiger partial charge on any atom is -0.311 e. The van der Waals surface area contributed by atoms with Crippen LogP contribution in [0.5, 0.6) is 0 Å². The standard InChI is InChI=1S/C9H18ClN/c1-3-7(2)11-9-4-8(5-9)6-10/h7-9,11H,3-6H2,1-2H3. The molecule has 1 rings (SSSR count). The summed E-state index contributed by atoms with van der Waals surface area (Å²) in [5.41, 5.74) is 0. The van der Waals surface area contributed by atoms with E-state index in [1.807, 2.05) is 0 Å². The maximum Gasteiger partial charge on any atom is 0.0252 e. The van der Waals surface area contributed by atoms with E-state index in [4.69, 9.17) is 11.6 Å². The zero-order valence-corrected chi connectivity index (χ0v) is 8.19. The van der Waals surface area contributed by atoms with Crippen molar-refractivity contribution >= 4 is 11.6 Å². The van der Waals surface area contributed by atoms with Crippen LogP contribution >= 0.6 is 11.6 Å². The summed E-state index contributed by atoms with van der Waals surface area (Å²) in [5, 5.41) is 3.57. The molecule has 1 N–H and O–H groups in total. The molecular formula is C9H18ClN. The SMILES string of the molecule is CCC(C)NC1CC(CCl)C1. The van der Waals surface area contributed by atoms with Gasteiger partial charge in [-0.15, -0.1) is 11.6 Å². The lowest BCUT2D eigenvalue weighted by atomic mass is 9.81. The molecule has 1 aliphatic rings. The van der Waals surface area contributed by atoms with Crippen LogP contribution in [0, 0.1) is 5.92 Å². The lowest BCUT2D eigenvalue weighted by Gasteiger charge is -2.36. The van der Waals surface area contributed by atoms with Gasteiger partial charge in [-0.05, 0) is 32.1 Å². The average molecular weight is 176 g/mol. The van der Waals surface area contributed by atoms with E-state index < -0.39 is 0 Å². The monoisotopic (exact) mass is 175 g/mol. The second kappa shape index (κ2) is 4.32. The Bertz CT molecular complexity index is 110. The first-order chi connectivity index (χ1) is 5.26. The molecule has 1 aliphatic carbocycles. The van der Waals surface area contributed by atoms with Gasteiger partial charge < -0.3 is 5.32 Å². The summed E-state index contributed by atoms with van der Waals surface area (Å²) < 4.78 is 0. The number of hydrogen-bond donors (Lipinski definition) is 1. The maximum absolute atomic E-state index is 5.71. The molecule has 0 bridgehead atoms. The van der Waals surface area contributed by atoms with Crippen LogP contribution in [0.15, 0.2) is 0 Å². The van der Waals surface area contributed by atoms with E-state index in [1.165, 1.54) is 19.3 Å². The summed E-state index contributed by atoms with van der Waals surface area (Å²) in [7, 11) is 0. The van der Waals surface area contributed by atoms with Crippen molar-refractivity contribution in [3.8, 4) is 0 Å². The Labute approximate surface area is 74.5 Å². The molecule has 0 aromatic carbocycles. The lowest BCUT2D eigenvalue weighted by molar-refractivity contribution is 0.227. The fourth-order valence-corrected chi connectivity index (χ4v) is 1.77. The normalized spacial score (nSPS) is 33.0. The molecule has 0 aliphatic heterocycles. The molecule has 2 heteroatoms. The van der Waals surface area contributed by atoms with Gasteiger partial charge >= 0.3 is 0 Å². The van der Waals surface area contributed by atoms with Crippen LogP contribution in [0.25, 0.3) is 0 Å². The van der Waals surface area contributed by atoms with Gasteiger partial charge in [0.2, 0.25) is 0 Å². The quantitative estimate of drug-likeness (QED) is 0.648. The van der Waals surface area contributed by atoms with Gasteiger partial charge in [0.25, 0.3) is 0 Å². The molecule has 0 radical (unpaired) electrons. The Morgan fingerprint density at radius 1 is 1.55 bits per heavy atom. The van der Waals surface area contributed by atoms with Gasteiger partial charge in [0.15, 0.2) is 0 Å². The van der Waals surface area contributed by atoms with E-state index in [1.54, 1.807) is 0 Å². The van der Waals surface area contributed by atoms with Crippen molar-refractivity contribution in [1.82, 2.24) is 5.32 Å². The van der Waals surface area contributed by atoms with Crippen molar-refractivity contribution in [3.05, 3.63) is 0 Å². The van der Waals surface area contributed by atoms with Crippen LogP contribution in [0.4, 0.5) is 0 Å². The minimum atomic E-state index is 0.677. The second-order valence-electron chi connectivity index (χ2n) is 3.66. The molecule has 11 heavy (non-hydrogen) atoms. The predicted molar refractivity (Wildman–Crippen MR) is 50.1 cm³/mol. The molecule has 1 nitrogen and oxygen atoms in total. The summed E-state index contributed by atoms with van der Waals surface area (Å²) in [4.78, 5) is 0. The molecule has 66 valence electrons. The smallest absolute Gasteiger partial charge is 0.0252 e. The summed E-state index contributed by atoms with van der Waals surface area (Å²) in [5.74, 6) is 1.64. The van der Waals surface area contributed by atoms with E-state index in [9.17, 15) is 0 Å².